The number of nitrogens with zero attached hydrogens (tertiary/aromatic N) is 1. The van der Waals surface area contributed by atoms with Gasteiger partial charge in [0, 0.05) is 5.56 Å². The van der Waals surface area contributed by atoms with Crippen molar-refractivity contribution in [1.29, 1.82) is 0 Å². The third-order valence-electron chi connectivity index (χ3n) is 4.19. The quantitative estimate of drug-likeness (QED) is 0.401. The van der Waals surface area contributed by atoms with Crippen molar-refractivity contribution in [2.24, 2.45) is 0 Å². The van der Waals surface area contributed by atoms with Crippen LogP contribution in [-0.4, -0.2) is 17.5 Å². The summed E-state index contributed by atoms with van der Waals surface area (Å²) < 4.78 is 12.5. The van der Waals surface area contributed by atoms with Crippen LogP contribution in [0, 0.1) is 6.92 Å². The summed E-state index contributed by atoms with van der Waals surface area (Å²) in [6, 6.07) is 15.5. The van der Waals surface area contributed by atoms with Crippen LogP contribution in [0.2, 0.25) is 0 Å². The predicted molar refractivity (Wildman–Crippen MR) is 119 cm³/mol. The van der Waals surface area contributed by atoms with Crippen molar-refractivity contribution in [2.45, 2.75) is 20.5 Å². The smallest absolute Gasteiger partial charge is 0.267 e. The lowest BCUT2D eigenvalue weighted by Gasteiger charge is -2.10. The molecule has 0 bridgehead atoms. The molecule has 0 spiro atoms. The Morgan fingerprint density at radius 2 is 1.90 bits per heavy atom. The Bertz CT molecular complexity index is 1150. The number of fused-ring (bicyclic) bond motifs is 1. The number of anilines is 1. The molecule has 1 N–H and O–H groups in total. The fourth-order valence-electron chi connectivity index (χ4n) is 2.82. The van der Waals surface area contributed by atoms with E-state index in [1.54, 1.807) is 0 Å². The van der Waals surface area contributed by atoms with E-state index in [1.807, 2.05) is 61.7 Å². The topological polar surface area (TPSA) is 60.5 Å². The summed E-state index contributed by atoms with van der Waals surface area (Å²) in [5, 5.41) is 5.43. The molecular formula is C22H20N2O3S2. The maximum atomic E-state index is 12.6. The van der Waals surface area contributed by atoms with Gasteiger partial charge in [0.15, 0.2) is 16.6 Å². The number of benzene rings is 2. The van der Waals surface area contributed by atoms with E-state index in [-0.39, 0.29) is 5.91 Å². The monoisotopic (exact) mass is 424 g/mol. The molecule has 7 heteroatoms. The average Bonchev–Trinajstić information content (AvgIpc) is 3.34. The van der Waals surface area contributed by atoms with Crippen LogP contribution < -0.4 is 14.8 Å². The van der Waals surface area contributed by atoms with Crippen LogP contribution >= 0.6 is 22.7 Å². The molecule has 2 heterocycles. The minimum Gasteiger partial charge on any atom is -0.490 e. The number of thiazole rings is 1. The van der Waals surface area contributed by atoms with Gasteiger partial charge >= 0.3 is 0 Å². The van der Waals surface area contributed by atoms with E-state index in [9.17, 15) is 4.79 Å². The van der Waals surface area contributed by atoms with Crippen molar-refractivity contribution in [2.75, 3.05) is 11.9 Å². The molecule has 0 saturated carbocycles. The summed E-state index contributed by atoms with van der Waals surface area (Å²) in [6.45, 7) is 4.93. The summed E-state index contributed by atoms with van der Waals surface area (Å²) in [7, 11) is 0. The van der Waals surface area contributed by atoms with Gasteiger partial charge in [0.1, 0.15) is 6.61 Å². The number of hydrogen-bond donors (Lipinski definition) is 1. The van der Waals surface area contributed by atoms with Gasteiger partial charge in [-0.2, -0.15) is 0 Å². The normalized spacial score (nSPS) is 10.8. The Kier molecular flexibility index (Phi) is 5.78. The molecule has 29 heavy (non-hydrogen) atoms. The summed E-state index contributed by atoms with van der Waals surface area (Å²) >= 11 is 2.87. The van der Waals surface area contributed by atoms with Gasteiger partial charge in [-0.3, -0.25) is 10.1 Å². The molecule has 0 unspecified atom stereocenters. The summed E-state index contributed by atoms with van der Waals surface area (Å²) in [6.07, 6.45) is 0. The molecular weight excluding hydrogens is 404 g/mol. The van der Waals surface area contributed by atoms with Crippen molar-refractivity contribution < 1.29 is 14.3 Å². The Morgan fingerprint density at radius 3 is 2.69 bits per heavy atom. The third-order valence-corrected chi connectivity index (χ3v) is 6.10. The zero-order valence-electron chi connectivity index (χ0n) is 16.1. The van der Waals surface area contributed by atoms with Crippen LogP contribution in [0.25, 0.3) is 10.2 Å². The fourth-order valence-corrected chi connectivity index (χ4v) is 4.57. The highest BCUT2D eigenvalue weighted by atomic mass is 32.1. The van der Waals surface area contributed by atoms with Gasteiger partial charge in [0.05, 0.1) is 21.7 Å². The Labute approximate surface area is 176 Å². The second kappa shape index (κ2) is 8.63. The zero-order chi connectivity index (χ0) is 20.2. The van der Waals surface area contributed by atoms with Crippen molar-refractivity contribution in [3.05, 3.63) is 69.9 Å². The van der Waals surface area contributed by atoms with Gasteiger partial charge in [-0.25, -0.2) is 4.98 Å². The van der Waals surface area contributed by atoms with E-state index in [4.69, 9.17) is 9.47 Å². The van der Waals surface area contributed by atoms with E-state index >= 15 is 0 Å². The molecule has 0 fully saturated rings. The van der Waals surface area contributed by atoms with Gasteiger partial charge < -0.3 is 9.47 Å². The SMILES string of the molecule is CCOc1ccccc1OCc1csc(C(=O)Nc2nc3ccc(C)cc3s2)c1. The molecule has 4 aromatic rings. The molecule has 0 atom stereocenters. The van der Waals surface area contributed by atoms with Crippen molar-refractivity contribution in [3.63, 3.8) is 0 Å². The van der Waals surface area contributed by atoms with Gasteiger partial charge in [-0.15, -0.1) is 11.3 Å². The van der Waals surface area contributed by atoms with Gasteiger partial charge in [0.2, 0.25) is 0 Å². The molecule has 0 radical (unpaired) electrons. The Hall–Kier alpha value is -2.90. The van der Waals surface area contributed by atoms with Crippen LogP contribution in [-0.2, 0) is 6.61 Å². The molecule has 2 aromatic heterocycles. The van der Waals surface area contributed by atoms with Crippen LogP contribution in [0.15, 0.2) is 53.9 Å². The number of para-hydroxylation sites is 2. The highest BCUT2D eigenvalue weighted by molar-refractivity contribution is 7.22. The number of carbonyl (C=O) groups excluding carboxylic acids is 1. The molecule has 0 saturated heterocycles. The van der Waals surface area contributed by atoms with Gasteiger partial charge in [0.25, 0.3) is 5.91 Å². The number of nitrogens with one attached hydrogen (secondary N) is 1. The summed E-state index contributed by atoms with van der Waals surface area (Å²) in [5.74, 6) is 1.25. The third kappa shape index (κ3) is 4.58. The first-order valence-corrected chi connectivity index (χ1v) is 10.9. The first kappa shape index (κ1) is 19.4. The second-order valence-electron chi connectivity index (χ2n) is 6.43. The van der Waals surface area contributed by atoms with Crippen molar-refractivity contribution >= 4 is 43.9 Å². The van der Waals surface area contributed by atoms with Crippen LogP contribution in [0.4, 0.5) is 5.13 Å². The Balaban J connectivity index is 1.41. The molecule has 2 aromatic carbocycles. The highest BCUT2D eigenvalue weighted by Crippen LogP contribution is 2.29. The number of rotatable bonds is 7. The molecule has 0 aliphatic heterocycles. The van der Waals surface area contributed by atoms with E-state index in [0.717, 1.165) is 15.8 Å². The number of aryl methyl sites for hydroxylation is 1. The minimum atomic E-state index is -0.160. The number of amides is 1. The second-order valence-corrected chi connectivity index (χ2v) is 8.37. The van der Waals surface area contributed by atoms with Crippen LogP contribution in [0.3, 0.4) is 0 Å². The van der Waals surface area contributed by atoms with E-state index in [1.165, 1.54) is 28.2 Å². The lowest BCUT2D eigenvalue weighted by molar-refractivity contribution is 0.103. The van der Waals surface area contributed by atoms with Crippen LogP contribution in [0.5, 0.6) is 11.5 Å². The minimum absolute atomic E-state index is 0.160. The highest BCUT2D eigenvalue weighted by Gasteiger charge is 2.13. The largest absolute Gasteiger partial charge is 0.490 e. The maximum absolute atomic E-state index is 12.6. The average molecular weight is 425 g/mol. The fraction of sp³-hybridized carbons (Fsp3) is 0.182. The van der Waals surface area contributed by atoms with Crippen LogP contribution in [0.1, 0.15) is 27.7 Å². The Morgan fingerprint density at radius 1 is 1.10 bits per heavy atom. The molecule has 1 amide bonds. The lowest BCUT2D eigenvalue weighted by atomic mass is 10.2. The molecule has 4 rings (SSSR count). The molecule has 0 aliphatic rings. The maximum Gasteiger partial charge on any atom is 0.267 e. The van der Waals surface area contributed by atoms with E-state index < -0.39 is 0 Å². The molecule has 148 valence electrons. The number of aromatic nitrogens is 1. The number of ether oxygens (including phenoxy) is 2. The standard InChI is InChI=1S/C22H20N2O3S2/c1-3-26-17-6-4-5-7-18(17)27-12-15-11-20(28-13-15)21(25)24-22-23-16-9-8-14(2)10-19(16)29-22/h4-11,13H,3,12H2,1-2H3,(H,23,24,25). The van der Waals surface area contributed by atoms with Crippen molar-refractivity contribution in [1.82, 2.24) is 4.98 Å². The number of carbonyl (C=O) groups is 1. The summed E-state index contributed by atoms with van der Waals surface area (Å²) in [4.78, 5) is 17.7. The van der Waals surface area contributed by atoms with E-state index in [0.29, 0.717) is 34.7 Å². The molecule has 5 nitrogen and oxygen atoms in total. The zero-order valence-corrected chi connectivity index (χ0v) is 17.7. The number of hydrogen-bond acceptors (Lipinski definition) is 6. The van der Waals surface area contributed by atoms with E-state index in [2.05, 4.69) is 16.4 Å². The van der Waals surface area contributed by atoms with Gasteiger partial charge in [-0.05, 0) is 55.1 Å². The first-order chi connectivity index (χ1) is 14.1. The lowest BCUT2D eigenvalue weighted by Crippen LogP contribution is -2.09. The van der Waals surface area contributed by atoms with Crippen molar-refractivity contribution in [3.8, 4) is 11.5 Å². The molecule has 0 aliphatic carbocycles. The van der Waals surface area contributed by atoms with Gasteiger partial charge in [-0.1, -0.05) is 29.5 Å². The number of thiophene rings is 1. The first-order valence-electron chi connectivity index (χ1n) is 9.23. The predicted octanol–water partition coefficient (Wildman–Crippen LogP) is 5.90. The summed E-state index contributed by atoms with van der Waals surface area (Å²) in [5.41, 5.74) is 3.00.